The molecule has 18 heavy (non-hydrogen) atoms. The molecule has 0 bridgehead atoms. The van der Waals surface area contributed by atoms with Crippen molar-refractivity contribution >= 4 is 11.6 Å². The van der Waals surface area contributed by atoms with Crippen molar-refractivity contribution in [3.63, 3.8) is 0 Å². The Morgan fingerprint density at radius 1 is 1.44 bits per heavy atom. The zero-order chi connectivity index (χ0) is 13.3. The summed E-state index contributed by atoms with van der Waals surface area (Å²) >= 11 is 6.39. The van der Waals surface area contributed by atoms with Crippen LogP contribution < -0.4 is 10.1 Å². The number of nitrogens with one attached hydrogen (secondary N) is 1. The van der Waals surface area contributed by atoms with E-state index in [0.29, 0.717) is 11.8 Å². The Balaban J connectivity index is 2.59. The first kappa shape index (κ1) is 13.7. The number of halogens is 1. The normalized spacial score (nSPS) is 19.6. The third-order valence-corrected chi connectivity index (χ3v) is 4.24. The summed E-state index contributed by atoms with van der Waals surface area (Å²) in [7, 11) is 1.76. The molecule has 1 heterocycles. The highest BCUT2D eigenvalue weighted by Gasteiger charge is 2.26. The number of ether oxygens (including phenoxy) is 1. The summed E-state index contributed by atoms with van der Waals surface area (Å²) in [5.41, 5.74) is 3.69. The Hall–Kier alpha value is -0.730. The van der Waals surface area contributed by atoms with Gasteiger partial charge in [-0.15, -0.1) is 0 Å². The second kappa shape index (κ2) is 5.50. The molecule has 1 N–H and O–H groups in total. The second-order valence-corrected chi connectivity index (χ2v) is 5.77. The lowest BCUT2D eigenvalue weighted by Gasteiger charge is -2.22. The first-order valence-corrected chi connectivity index (χ1v) is 7.01. The first-order valence-electron chi connectivity index (χ1n) is 6.63. The molecule has 100 valence electrons. The highest BCUT2D eigenvalue weighted by Crippen LogP contribution is 2.41. The van der Waals surface area contributed by atoms with Gasteiger partial charge in [0.2, 0.25) is 0 Å². The molecule has 1 aromatic rings. The van der Waals surface area contributed by atoms with Gasteiger partial charge in [0.05, 0.1) is 7.11 Å². The van der Waals surface area contributed by atoms with Gasteiger partial charge in [-0.2, -0.15) is 0 Å². The summed E-state index contributed by atoms with van der Waals surface area (Å²) < 4.78 is 5.70. The summed E-state index contributed by atoms with van der Waals surface area (Å²) in [6, 6.07) is 2.06. The van der Waals surface area contributed by atoms with E-state index in [4.69, 9.17) is 16.3 Å². The van der Waals surface area contributed by atoms with Crippen molar-refractivity contribution in [1.82, 2.24) is 5.32 Å². The molecule has 1 fully saturated rings. The van der Waals surface area contributed by atoms with Crippen molar-refractivity contribution in [1.29, 1.82) is 0 Å². The summed E-state index contributed by atoms with van der Waals surface area (Å²) in [5, 5.41) is 4.28. The zero-order valence-corrected chi connectivity index (χ0v) is 12.4. The topological polar surface area (TPSA) is 21.3 Å². The molecule has 1 atom stereocenters. The van der Waals surface area contributed by atoms with Gasteiger partial charge in [0, 0.05) is 23.0 Å². The molecule has 0 amide bonds. The van der Waals surface area contributed by atoms with E-state index in [9.17, 15) is 0 Å². The van der Waals surface area contributed by atoms with Crippen molar-refractivity contribution in [2.24, 2.45) is 0 Å². The summed E-state index contributed by atoms with van der Waals surface area (Å²) in [6.07, 6.45) is 1.16. The maximum atomic E-state index is 6.39. The monoisotopic (exact) mass is 267 g/mol. The number of methoxy groups -OCH3 is 1. The Kier molecular flexibility index (Phi) is 4.18. The molecule has 3 heteroatoms. The van der Waals surface area contributed by atoms with Crippen LogP contribution in [-0.4, -0.2) is 20.2 Å². The molecule has 2 nitrogen and oxygen atoms in total. The van der Waals surface area contributed by atoms with Gasteiger partial charge in [-0.25, -0.2) is 0 Å². The molecular weight excluding hydrogens is 246 g/mol. The lowest BCUT2D eigenvalue weighted by Crippen LogP contribution is -2.11. The van der Waals surface area contributed by atoms with Gasteiger partial charge in [0.15, 0.2) is 0 Å². The number of hydrogen-bond acceptors (Lipinski definition) is 2. The quantitative estimate of drug-likeness (QED) is 0.898. The van der Waals surface area contributed by atoms with Crippen molar-refractivity contribution in [2.45, 2.75) is 39.0 Å². The van der Waals surface area contributed by atoms with E-state index < -0.39 is 0 Å². The van der Waals surface area contributed by atoms with Crippen LogP contribution in [0.25, 0.3) is 0 Å². The van der Waals surface area contributed by atoms with Crippen LogP contribution in [0.15, 0.2) is 6.07 Å². The molecule has 1 aliphatic heterocycles. The van der Waals surface area contributed by atoms with Gasteiger partial charge >= 0.3 is 0 Å². The molecule has 1 unspecified atom stereocenters. The zero-order valence-electron chi connectivity index (χ0n) is 11.6. The fraction of sp³-hybridized carbons (Fsp3) is 0.600. The second-order valence-electron chi connectivity index (χ2n) is 5.36. The lowest BCUT2D eigenvalue weighted by atomic mass is 9.88. The maximum Gasteiger partial charge on any atom is 0.126 e. The van der Waals surface area contributed by atoms with Gasteiger partial charge < -0.3 is 10.1 Å². The lowest BCUT2D eigenvalue weighted by molar-refractivity contribution is 0.398. The molecule has 0 spiro atoms. The van der Waals surface area contributed by atoms with Gasteiger partial charge in [-0.1, -0.05) is 25.4 Å². The Bertz CT molecular complexity index is 437. The molecule has 0 aromatic heterocycles. The fourth-order valence-electron chi connectivity index (χ4n) is 2.81. The number of benzene rings is 1. The summed E-state index contributed by atoms with van der Waals surface area (Å²) in [5.74, 6) is 1.99. The van der Waals surface area contributed by atoms with E-state index in [1.807, 2.05) is 0 Å². The predicted octanol–water partition coefficient (Wildman–Crippen LogP) is 3.86. The number of hydrogen-bond donors (Lipinski definition) is 1. The van der Waals surface area contributed by atoms with Gasteiger partial charge in [0.1, 0.15) is 5.75 Å². The first-order chi connectivity index (χ1) is 8.56. The fourth-order valence-corrected chi connectivity index (χ4v) is 3.03. The molecule has 1 saturated heterocycles. The molecule has 1 aliphatic rings. The average molecular weight is 268 g/mol. The van der Waals surface area contributed by atoms with Gasteiger partial charge in [-0.3, -0.25) is 0 Å². The van der Waals surface area contributed by atoms with E-state index in [1.54, 1.807) is 7.11 Å². The third-order valence-electron chi connectivity index (χ3n) is 3.85. The van der Waals surface area contributed by atoms with E-state index in [0.717, 1.165) is 30.3 Å². The van der Waals surface area contributed by atoms with Crippen LogP contribution in [0.4, 0.5) is 0 Å². The Labute approximate surface area is 115 Å². The summed E-state index contributed by atoms with van der Waals surface area (Å²) in [6.45, 7) is 8.56. The molecule has 0 saturated carbocycles. The van der Waals surface area contributed by atoms with Crippen LogP contribution in [0.5, 0.6) is 5.75 Å². The van der Waals surface area contributed by atoms with Gasteiger partial charge in [0.25, 0.3) is 0 Å². The van der Waals surface area contributed by atoms with Crippen molar-refractivity contribution < 1.29 is 4.74 Å². The van der Waals surface area contributed by atoms with Crippen LogP contribution in [0.2, 0.25) is 5.02 Å². The van der Waals surface area contributed by atoms with Crippen molar-refractivity contribution in [3.8, 4) is 5.75 Å². The average Bonchev–Trinajstić information content (AvgIpc) is 2.84. The predicted molar refractivity (Wildman–Crippen MR) is 77.1 cm³/mol. The SMILES string of the molecule is COc1c(C(C)C)cc(Cl)c(C)c1C1CCNC1. The molecule has 0 radical (unpaired) electrons. The van der Waals surface area contributed by atoms with Crippen LogP contribution in [-0.2, 0) is 0 Å². The maximum absolute atomic E-state index is 6.39. The summed E-state index contributed by atoms with van der Waals surface area (Å²) in [4.78, 5) is 0. The molecule has 0 aliphatic carbocycles. The van der Waals surface area contributed by atoms with E-state index in [2.05, 4.69) is 32.2 Å². The number of rotatable bonds is 3. The molecule has 1 aromatic carbocycles. The van der Waals surface area contributed by atoms with Crippen LogP contribution in [0, 0.1) is 6.92 Å². The minimum atomic E-state index is 0.422. The van der Waals surface area contributed by atoms with Crippen LogP contribution in [0.1, 0.15) is 48.8 Å². The smallest absolute Gasteiger partial charge is 0.126 e. The largest absolute Gasteiger partial charge is 0.496 e. The van der Waals surface area contributed by atoms with Crippen LogP contribution in [0.3, 0.4) is 0 Å². The molecular formula is C15H22ClNO. The highest BCUT2D eigenvalue weighted by atomic mass is 35.5. The minimum absolute atomic E-state index is 0.422. The van der Waals surface area contributed by atoms with E-state index in [-0.39, 0.29) is 0 Å². The molecule has 2 rings (SSSR count). The van der Waals surface area contributed by atoms with E-state index in [1.165, 1.54) is 16.7 Å². The highest BCUT2D eigenvalue weighted by molar-refractivity contribution is 6.31. The minimum Gasteiger partial charge on any atom is -0.496 e. The standard InChI is InChI=1S/C15H22ClNO/c1-9(2)12-7-13(16)10(3)14(15(12)18-4)11-5-6-17-8-11/h7,9,11,17H,5-6,8H2,1-4H3. The van der Waals surface area contributed by atoms with E-state index >= 15 is 0 Å². The van der Waals surface area contributed by atoms with Gasteiger partial charge in [-0.05, 0) is 43.0 Å². The Morgan fingerprint density at radius 2 is 2.17 bits per heavy atom. The third kappa shape index (κ3) is 2.36. The Morgan fingerprint density at radius 3 is 2.67 bits per heavy atom. The van der Waals surface area contributed by atoms with Crippen LogP contribution >= 0.6 is 11.6 Å². The van der Waals surface area contributed by atoms with Crippen molar-refractivity contribution in [2.75, 3.05) is 20.2 Å². The van der Waals surface area contributed by atoms with Crippen molar-refractivity contribution in [3.05, 3.63) is 27.8 Å².